The first kappa shape index (κ1) is 13.9. The second-order valence-corrected chi connectivity index (χ2v) is 3.75. The molecule has 2 rings (SSSR count). The number of benzene rings is 2. The van der Waals surface area contributed by atoms with Gasteiger partial charge in [-0.1, -0.05) is 12.1 Å². The Kier molecular flexibility index (Phi) is 3.39. The standard InChI is InChI=1S/C12H4F5NO2/c13-8-7(9(14)11(16)12(17)10(8)15)5-2-1-3-6(4-5)18(19)20/h1-4H. The van der Waals surface area contributed by atoms with Gasteiger partial charge in [0.15, 0.2) is 23.3 Å². The van der Waals surface area contributed by atoms with Crippen LogP contribution in [0.4, 0.5) is 27.6 Å². The van der Waals surface area contributed by atoms with Crippen molar-refractivity contribution in [2.75, 3.05) is 0 Å². The van der Waals surface area contributed by atoms with Crippen LogP contribution in [0.5, 0.6) is 0 Å². The van der Waals surface area contributed by atoms with Crippen LogP contribution < -0.4 is 0 Å². The first-order valence-corrected chi connectivity index (χ1v) is 5.11. The highest BCUT2D eigenvalue weighted by Gasteiger charge is 2.27. The van der Waals surface area contributed by atoms with Crippen LogP contribution in [-0.2, 0) is 0 Å². The van der Waals surface area contributed by atoms with Crippen molar-refractivity contribution in [3.8, 4) is 11.1 Å². The van der Waals surface area contributed by atoms with E-state index in [0.29, 0.717) is 0 Å². The molecule has 3 nitrogen and oxygen atoms in total. The molecule has 0 fully saturated rings. The first-order valence-electron chi connectivity index (χ1n) is 5.11. The van der Waals surface area contributed by atoms with Gasteiger partial charge < -0.3 is 0 Å². The quantitative estimate of drug-likeness (QED) is 0.276. The molecule has 2 aromatic carbocycles. The lowest BCUT2D eigenvalue weighted by atomic mass is 10.0. The molecule has 0 saturated heterocycles. The molecule has 0 amide bonds. The van der Waals surface area contributed by atoms with E-state index in [-0.39, 0.29) is 0 Å². The van der Waals surface area contributed by atoms with Gasteiger partial charge in [-0.15, -0.1) is 0 Å². The fourth-order valence-electron chi connectivity index (χ4n) is 1.63. The molecule has 0 aliphatic carbocycles. The van der Waals surface area contributed by atoms with Gasteiger partial charge in [0, 0.05) is 12.1 Å². The van der Waals surface area contributed by atoms with Crippen molar-refractivity contribution in [1.82, 2.24) is 0 Å². The minimum absolute atomic E-state index is 0.480. The molecule has 0 heterocycles. The van der Waals surface area contributed by atoms with E-state index in [1.165, 1.54) is 0 Å². The summed E-state index contributed by atoms with van der Waals surface area (Å²) in [6, 6.07) is 3.82. The zero-order valence-corrected chi connectivity index (χ0v) is 9.46. The number of rotatable bonds is 2. The van der Waals surface area contributed by atoms with E-state index in [9.17, 15) is 32.1 Å². The van der Waals surface area contributed by atoms with Gasteiger partial charge >= 0.3 is 0 Å². The topological polar surface area (TPSA) is 43.1 Å². The van der Waals surface area contributed by atoms with Crippen LogP contribution in [0.1, 0.15) is 0 Å². The molecule has 0 saturated carbocycles. The third-order valence-electron chi connectivity index (χ3n) is 2.56. The lowest BCUT2D eigenvalue weighted by Crippen LogP contribution is -2.04. The third kappa shape index (κ3) is 2.09. The van der Waals surface area contributed by atoms with Gasteiger partial charge in [0.25, 0.3) is 5.69 Å². The minimum Gasteiger partial charge on any atom is -0.258 e. The number of non-ortho nitro benzene ring substituents is 1. The van der Waals surface area contributed by atoms with Gasteiger partial charge in [-0.2, -0.15) is 0 Å². The summed E-state index contributed by atoms with van der Waals surface area (Å²) in [7, 11) is 0. The molecule has 0 radical (unpaired) electrons. The SMILES string of the molecule is O=[N+]([O-])c1cccc(-c2c(F)c(F)c(F)c(F)c2F)c1. The number of nitro benzene ring substituents is 1. The average molecular weight is 289 g/mol. The van der Waals surface area contributed by atoms with Crippen LogP contribution in [-0.4, -0.2) is 4.92 Å². The van der Waals surface area contributed by atoms with E-state index in [1.807, 2.05) is 0 Å². The Morgan fingerprint density at radius 2 is 1.35 bits per heavy atom. The van der Waals surface area contributed by atoms with Gasteiger partial charge in [0.2, 0.25) is 5.82 Å². The summed E-state index contributed by atoms with van der Waals surface area (Å²) < 4.78 is 66.1. The van der Waals surface area contributed by atoms with Gasteiger partial charge in [-0.05, 0) is 5.56 Å². The highest BCUT2D eigenvalue weighted by Crippen LogP contribution is 2.32. The van der Waals surface area contributed by atoms with Crippen LogP contribution in [0.15, 0.2) is 24.3 Å². The van der Waals surface area contributed by atoms with Crippen LogP contribution in [0.2, 0.25) is 0 Å². The van der Waals surface area contributed by atoms with Gasteiger partial charge in [-0.25, -0.2) is 22.0 Å². The lowest BCUT2D eigenvalue weighted by Gasteiger charge is -2.08. The molecule has 0 atom stereocenters. The zero-order chi connectivity index (χ0) is 15.0. The molecule has 0 aliphatic heterocycles. The normalized spacial score (nSPS) is 10.7. The molecule has 0 spiro atoms. The molecular formula is C12H4F5NO2. The highest BCUT2D eigenvalue weighted by atomic mass is 19.2. The molecular weight excluding hydrogens is 285 g/mol. The monoisotopic (exact) mass is 289 g/mol. The predicted molar refractivity (Wildman–Crippen MR) is 58.3 cm³/mol. The molecule has 0 bridgehead atoms. The smallest absolute Gasteiger partial charge is 0.258 e. The Morgan fingerprint density at radius 1 is 0.850 bits per heavy atom. The number of nitro groups is 1. The van der Waals surface area contributed by atoms with E-state index >= 15 is 0 Å². The average Bonchev–Trinajstić information content (AvgIpc) is 2.43. The van der Waals surface area contributed by atoms with Crippen LogP contribution >= 0.6 is 0 Å². The molecule has 0 aliphatic rings. The summed E-state index contributed by atoms with van der Waals surface area (Å²) in [5.41, 5.74) is -2.22. The molecule has 2 aromatic rings. The number of nitrogens with zero attached hydrogens (tertiary/aromatic N) is 1. The second-order valence-electron chi connectivity index (χ2n) is 3.75. The maximum absolute atomic E-state index is 13.5. The summed E-state index contributed by atoms with van der Waals surface area (Å²) in [4.78, 5) is 9.70. The molecule has 20 heavy (non-hydrogen) atoms. The van der Waals surface area contributed by atoms with Crippen molar-refractivity contribution in [3.63, 3.8) is 0 Å². The Morgan fingerprint density at radius 3 is 1.85 bits per heavy atom. The highest BCUT2D eigenvalue weighted by molar-refractivity contribution is 5.67. The van der Waals surface area contributed by atoms with Gasteiger partial charge in [0.1, 0.15) is 0 Å². The Balaban J connectivity index is 2.76. The summed E-state index contributed by atoms with van der Waals surface area (Å²) in [5.74, 6) is -10.6. The Labute approximate surface area is 108 Å². The third-order valence-corrected chi connectivity index (χ3v) is 2.56. The Hall–Kier alpha value is -2.51. The van der Waals surface area contributed by atoms with E-state index < -0.39 is 50.8 Å². The largest absolute Gasteiger partial charge is 0.270 e. The molecule has 0 N–H and O–H groups in total. The van der Waals surface area contributed by atoms with Crippen molar-refractivity contribution in [2.45, 2.75) is 0 Å². The maximum atomic E-state index is 13.5. The minimum atomic E-state index is -2.28. The fraction of sp³-hybridized carbons (Fsp3) is 0. The predicted octanol–water partition coefficient (Wildman–Crippen LogP) is 3.96. The van der Waals surface area contributed by atoms with Crippen molar-refractivity contribution >= 4 is 5.69 Å². The van der Waals surface area contributed by atoms with Gasteiger partial charge in [0.05, 0.1) is 10.5 Å². The number of hydrogen-bond acceptors (Lipinski definition) is 2. The van der Waals surface area contributed by atoms with Crippen molar-refractivity contribution in [2.24, 2.45) is 0 Å². The van der Waals surface area contributed by atoms with Gasteiger partial charge in [-0.3, -0.25) is 10.1 Å². The maximum Gasteiger partial charge on any atom is 0.270 e. The second kappa shape index (κ2) is 4.87. The summed E-state index contributed by atoms with van der Waals surface area (Å²) in [5, 5.41) is 10.6. The van der Waals surface area contributed by atoms with E-state index in [0.717, 1.165) is 24.3 Å². The Bertz CT molecular complexity index is 688. The van der Waals surface area contributed by atoms with E-state index in [2.05, 4.69) is 0 Å². The summed E-state index contributed by atoms with van der Waals surface area (Å²) >= 11 is 0. The summed E-state index contributed by atoms with van der Waals surface area (Å²) in [6.45, 7) is 0. The molecule has 8 heteroatoms. The van der Waals surface area contributed by atoms with Crippen LogP contribution in [0.3, 0.4) is 0 Å². The molecule has 104 valence electrons. The lowest BCUT2D eigenvalue weighted by molar-refractivity contribution is -0.384. The zero-order valence-electron chi connectivity index (χ0n) is 9.46. The fourth-order valence-corrected chi connectivity index (χ4v) is 1.63. The van der Waals surface area contributed by atoms with E-state index in [1.54, 1.807) is 0 Å². The van der Waals surface area contributed by atoms with Crippen molar-refractivity contribution < 1.29 is 26.9 Å². The molecule has 0 aromatic heterocycles. The first-order chi connectivity index (χ1) is 9.34. The summed E-state index contributed by atoms with van der Waals surface area (Å²) in [6.07, 6.45) is 0. The van der Waals surface area contributed by atoms with Crippen molar-refractivity contribution in [3.05, 3.63) is 63.5 Å². The number of hydrogen-bond donors (Lipinski definition) is 0. The molecule has 0 unspecified atom stereocenters. The van der Waals surface area contributed by atoms with Crippen LogP contribution in [0, 0.1) is 39.2 Å². The van der Waals surface area contributed by atoms with E-state index in [4.69, 9.17) is 0 Å². The van der Waals surface area contributed by atoms with Crippen molar-refractivity contribution in [1.29, 1.82) is 0 Å². The number of halogens is 5. The van der Waals surface area contributed by atoms with Crippen LogP contribution in [0.25, 0.3) is 11.1 Å².